The van der Waals surface area contributed by atoms with E-state index in [1.807, 2.05) is 73.7 Å². The fraction of sp³-hybridized carbons (Fsp3) is 0.0435. The summed E-state index contributed by atoms with van der Waals surface area (Å²) in [6.07, 6.45) is 1.53. The molecule has 5 heteroatoms. The molecule has 0 aromatic heterocycles. The molecule has 0 saturated carbocycles. The molecule has 3 rings (SSSR count). The molecule has 3 N–H and O–H groups in total. The highest BCUT2D eigenvalue weighted by Gasteiger charge is 2.14. The lowest BCUT2D eigenvalue weighted by Crippen LogP contribution is -2.18. The molecule has 0 unspecified atom stereocenters. The van der Waals surface area contributed by atoms with Gasteiger partial charge in [0.2, 0.25) is 0 Å². The number of rotatable bonds is 5. The van der Waals surface area contributed by atoms with Gasteiger partial charge >= 0.3 is 0 Å². The van der Waals surface area contributed by atoms with E-state index >= 15 is 0 Å². The van der Waals surface area contributed by atoms with E-state index in [0.717, 1.165) is 16.9 Å². The molecular formula is C23H20N4O. The summed E-state index contributed by atoms with van der Waals surface area (Å²) in [6, 6.07) is 26.2. The molecule has 0 heterocycles. The molecule has 1 amide bonds. The summed E-state index contributed by atoms with van der Waals surface area (Å²) in [7, 11) is 0. The number of amides is 1. The summed E-state index contributed by atoms with van der Waals surface area (Å²) >= 11 is 0. The number of carbonyl (C=O) groups excluding carboxylic acids is 1. The fourth-order valence-electron chi connectivity index (χ4n) is 2.71. The number of para-hydroxylation sites is 1. The van der Waals surface area contributed by atoms with Crippen molar-refractivity contribution in [1.82, 2.24) is 0 Å². The van der Waals surface area contributed by atoms with Crippen molar-refractivity contribution in [2.45, 2.75) is 6.92 Å². The van der Waals surface area contributed by atoms with Crippen LogP contribution in [0.15, 0.2) is 90.6 Å². The van der Waals surface area contributed by atoms with Crippen LogP contribution in [0.25, 0.3) is 0 Å². The van der Waals surface area contributed by atoms with Crippen LogP contribution < -0.4 is 16.0 Å². The lowest BCUT2D eigenvalue weighted by atomic mass is 10.2. The quantitative estimate of drug-likeness (QED) is 0.386. The molecule has 28 heavy (non-hydrogen) atoms. The number of anilines is 4. The Balaban J connectivity index is 1.96. The van der Waals surface area contributed by atoms with Crippen LogP contribution in [-0.2, 0) is 4.79 Å². The van der Waals surface area contributed by atoms with Gasteiger partial charge in [0.15, 0.2) is 0 Å². The van der Waals surface area contributed by atoms with E-state index in [2.05, 4.69) is 5.32 Å². The Bertz CT molecular complexity index is 1030. The molecule has 0 atom stereocenters. The summed E-state index contributed by atoms with van der Waals surface area (Å²) in [4.78, 5) is 14.4. The van der Waals surface area contributed by atoms with Gasteiger partial charge in [0, 0.05) is 28.9 Å². The Morgan fingerprint density at radius 2 is 1.68 bits per heavy atom. The third kappa shape index (κ3) is 4.57. The fourth-order valence-corrected chi connectivity index (χ4v) is 2.71. The minimum Gasteiger partial charge on any atom is -0.399 e. The predicted octanol–water partition coefficient (Wildman–Crippen LogP) is 4.76. The van der Waals surface area contributed by atoms with Gasteiger partial charge in [-0.3, -0.25) is 4.79 Å². The third-order valence-corrected chi connectivity index (χ3v) is 4.10. The zero-order valence-electron chi connectivity index (χ0n) is 15.5. The zero-order valence-corrected chi connectivity index (χ0v) is 15.5. The molecule has 3 aromatic carbocycles. The summed E-state index contributed by atoms with van der Waals surface area (Å²) < 4.78 is 0. The van der Waals surface area contributed by atoms with Gasteiger partial charge in [0.05, 0.1) is 0 Å². The second-order valence-corrected chi connectivity index (χ2v) is 6.28. The van der Waals surface area contributed by atoms with Crippen molar-refractivity contribution >= 4 is 28.7 Å². The molecule has 0 bridgehead atoms. The predicted molar refractivity (Wildman–Crippen MR) is 113 cm³/mol. The van der Waals surface area contributed by atoms with E-state index in [4.69, 9.17) is 5.73 Å². The highest BCUT2D eigenvalue weighted by molar-refractivity contribution is 6.07. The summed E-state index contributed by atoms with van der Waals surface area (Å²) in [5, 5.41) is 12.4. The molecule has 0 fully saturated rings. The number of hydrogen-bond acceptors (Lipinski definition) is 4. The number of benzene rings is 3. The van der Waals surface area contributed by atoms with E-state index < -0.39 is 5.91 Å². The van der Waals surface area contributed by atoms with Crippen LogP contribution >= 0.6 is 0 Å². The number of nitrogen functional groups attached to an aromatic ring is 1. The second-order valence-electron chi connectivity index (χ2n) is 6.28. The van der Waals surface area contributed by atoms with Crippen molar-refractivity contribution < 1.29 is 4.79 Å². The SMILES string of the molecule is Cc1cccc(NC(=O)/C(C#N)=C\N(c2ccccc2)c2ccc(N)cc2)c1. The van der Waals surface area contributed by atoms with Gasteiger partial charge in [-0.2, -0.15) is 5.26 Å². The Hall–Kier alpha value is -4.04. The number of aryl methyl sites for hydroxylation is 1. The number of hydrogen-bond donors (Lipinski definition) is 2. The average Bonchev–Trinajstić information content (AvgIpc) is 2.70. The van der Waals surface area contributed by atoms with Crippen LogP contribution in [0.2, 0.25) is 0 Å². The van der Waals surface area contributed by atoms with E-state index in [-0.39, 0.29) is 5.57 Å². The Kier molecular flexibility index (Phi) is 5.73. The van der Waals surface area contributed by atoms with Gasteiger partial charge in [-0.15, -0.1) is 0 Å². The number of nitrogens with two attached hydrogens (primary N) is 1. The van der Waals surface area contributed by atoms with Gasteiger partial charge in [-0.1, -0.05) is 30.3 Å². The smallest absolute Gasteiger partial charge is 0.267 e. The molecule has 0 aliphatic carbocycles. The summed E-state index contributed by atoms with van der Waals surface area (Å²) in [5.74, 6) is -0.468. The van der Waals surface area contributed by atoms with Crippen LogP contribution in [0.3, 0.4) is 0 Å². The summed E-state index contributed by atoms with van der Waals surface area (Å²) in [5.41, 5.74) is 9.69. The normalized spacial score (nSPS) is 10.8. The maximum Gasteiger partial charge on any atom is 0.267 e. The van der Waals surface area contributed by atoms with Gasteiger partial charge < -0.3 is 16.0 Å². The highest BCUT2D eigenvalue weighted by atomic mass is 16.1. The largest absolute Gasteiger partial charge is 0.399 e. The maximum atomic E-state index is 12.7. The minimum absolute atomic E-state index is 0.0119. The molecule has 0 radical (unpaired) electrons. The van der Waals surface area contributed by atoms with Gasteiger partial charge in [-0.25, -0.2) is 0 Å². The van der Waals surface area contributed by atoms with Gasteiger partial charge in [-0.05, 0) is 61.0 Å². The molecule has 5 nitrogen and oxygen atoms in total. The summed E-state index contributed by atoms with van der Waals surface area (Å²) in [6.45, 7) is 1.94. The molecule has 0 saturated heterocycles. The first-order valence-electron chi connectivity index (χ1n) is 8.76. The van der Waals surface area contributed by atoms with Crippen LogP contribution in [0.4, 0.5) is 22.7 Å². The number of nitrogens with one attached hydrogen (secondary N) is 1. The molecule has 0 spiro atoms. The Morgan fingerprint density at radius 3 is 2.32 bits per heavy atom. The third-order valence-electron chi connectivity index (χ3n) is 4.10. The van der Waals surface area contributed by atoms with Crippen molar-refractivity contribution in [1.29, 1.82) is 5.26 Å². The lowest BCUT2D eigenvalue weighted by molar-refractivity contribution is -0.112. The van der Waals surface area contributed by atoms with Crippen molar-refractivity contribution in [3.05, 3.63) is 96.2 Å². The minimum atomic E-state index is -0.468. The van der Waals surface area contributed by atoms with Crippen molar-refractivity contribution in [3.63, 3.8) is 0 Å². The first-order chi connectivity index (χ1) is 13.6. The van der Waals surface area contributed by atoms with E-state index in [0.29, 0.717) is 11.4 Å². The molecule has 138 valence electrons. The molecule has 3 aromatic rings. The number of carbonyl (C=O) groups is 1. The van der Waals surface area contributed by atoms with Gasteiger partial charge in [0.25, 0.3) is 5.91 Å². The van der Waals surface area contributed by atoms with Crippen LogP contribution in [0, 0.1) is 18.3 Å². The monoisotopic (exact) mass is 368 g/mol. The Labute approximate surface area is 164 Å². The van der Waals surface area contributed by atoms with Crippen LogP contribution in [0.1, 0.15) is 5.56 Å². The molecule has 0 aliphatic rings. The maximum absolute atomic E-state index is 12.7. The van der Waals surface area contributed by atoms with Crippen LogP contribution in [0.5, 0.6) is 0 Å². The van der Waals surface area contributed by atoms with Crippen molar-refractivity contribution in [2.75, 3.05) is 16.0 Å². The number of nitriles is 1. The topological polar surface area (TPSA) is 82.2 Å². The van der Waals surface area contributed by atoms with Crippen LogP contribution in [-0.4, -0.2) is 5.91 Å². The number of nitrogens with zero attached hydrogens (tertiary/aromatic N) is 2. The molecular weight excluding hydrogens is 348 g/mol. The van der Waals surface area contributed by atoms with E-state index in [1.54, 1.807) is 23.1 Å². The first-order valence-corrected chi connectivity index (χ1v) is 8.76. The second kappa shape index (κ2) is 8.56. The first kappa shape index (κ1) is 18.7. The zero-order chi connectivity index (χ0) is 19.9. The lowest BCUT2D eigenvalue weighted by Gasteiger charge is -2.21. The van der Waals surface area contributed by atoms with E-state index in [9.17, 15) is 10.1 Å². The highest BCUT2D eigenvalue weighted by Crippen LogP contribution is 2.27. The van der Waals surface area contributed by atoms with Crippen molar-refractivity contribution in [2.24, 2.45) is 0 Å². The van der Waals surface area contributed by atoms with E-state index in [1.165, 1.54) is 6.20 Å². The van der Waals surface area contributed by atoms with Gasteiger partial charge in [0.1, 0.15) is 11.6 Å². The van der Waals surface area contributed by atoms with Crippen molar-refractivity contribution in [3.8, 4) is 6.07 Å². The average molecular weight is 368 g/mol. The molecule has 0 aliphatic heterocycles. The standard InChI is InChI=1S/C23H20N4O/c1-17-6-5-7-20(14-17)26-23(28)18(15-24)16-27(21-8-3-2-4-9-21)22-12-10-19(25)11-13-22/h2-14,16H,25H2,1H3,(H,26,28)/b18-16-. The Morgan fingerprint density at radius 1 is 1.00 bits per heavy atom.